The maximum atomic E-state index is 12.3. The second kappa shape index (κ2) is 5.88. The van der Waals surface area contributed by atoms with Crippen LogP contribution in [-0.4, -0.2) is 58.8 Å². The van der Waals surface area contributed by atoms with E-state index in [0.29, 0.717) is 17.7 Å². The molecule has 1 unspecified atom stereocenters. The standard InChI is InChI=1S/C12H19F3N2O3/c1-3-5-11(9(18)19)6-4-7-17(11)10(20)16(2)8-12(13,14)15/h3-8H2,1-2H3,(H,18,19). The van der Waals surface area contributed by atoms with E-state index in [1.54, 1.807) is 6.92 Å². The molecular formula is C12H19F3N2O3. The zero-order chi connectivity index (χ0) is 15.6. The molecule has 2 amide bonds. The van der Waals surface area contributed by atoms with Crippen molar-refractivity contribution in [2.75, 3.05) is 20.1 Å². The van der Waals surface area contributed by atoms with E-state index in [1.165, 1.54) is 0 Å². The minimum atomic E-state index is -4.50. The molecule has 1 N–H and O–H groups in total. The molecule has 1 aliphatic rings. The Morgan fingerprint density at radius 3 is 2.45 bits per heavy atom. The number of nitrogens with zero attached hydrogens (tertiary/aromatic N) is 2. The summed E-state index contributed by atoms with van der Waals surface area (Å²) in [6.07, 6.45) is -2.95. The number of hydrogen-bond acceptors (Lipinski definition) is 2. The molecule has 0 aromatic carbocycles. The minimum Gasteiger partial charge on any atom is -0.479 e. The molecule has 1 aliphatic heterocycles. The minimum absolute atomic E-state index is 0.174. The van der Waals surface area contributed by atoms with Crippen LogP contribution >= 0.6 is 0 Å². The fourth-order valence-corrected chi connectivity index (χ4v) is 2.70. The molecule has 0 aromatic rings. The fraction of sp³-hybridized carbons (Fsp3) is 0.833. The summed E-state index contributed by atoms with van der Waals surface area (Å²) in [6.45, 7) is 0.572. The number of alkyl halides is 3. The Balaban J connectivity index is 2.92. The van der Waals surface area contributed by atoms with Gasteiger partial charge in [0.15, 0.2) is 0 Å². The van der Waals surface area contributed by atoms with Crippen molar-refractivity contribution in [3.8, 4) is 0 Å². The predicted molar refractivity (Wildman–Crippen MR) is 65.3 cm³/mol. The molecule has 0 bridgehead atoms. The van der Waals surface area contributed by atoms with Gasteiger partial charge >= 0.3 is 18.2 Å². The number of amides is 2. The SMILES string of the molecule is CCCC1(C(=O)O)CCCN1C(=O)N(C)CC(F)(F)F. The molecule has 20 heavy (non-hydrogen) atoms. The van der Waals surface area contributed by atoms with Crippen molar-refractivity contribution in [2.45, 2.75) is 44.3 Å². The van der Waals surface area contributed by atoms with Crippen LogP contribution in [0.15, 0.2) is 0 Å². The molecule has 1 fully saturated rings. The van der Waals surface area contributed by atoms with Gasteiger partial charge in [0.25, 0.3) is 0 Å². The molecule has 1 heterocycles. The van der Waals surface area contributed by atoms with Crippen LogP contribution in [0.25, 0.3) is 0 Å². The Bertz CT molecular complexity index is 387. The van der Waals surface area contributed by atoms with E-state index in [4.69, 9.17) is 0 Å². The maximum Gasteiger partial charge on any atom is 0.406 e. The van der Waals surface area contributed by atoms with Crippen LogP contribution in [0, 0.1) is 0 Å². The van der Waals surface area contributed by atoms with E-state index in [-0.39, 0.29) is 19.4 Å². The molecule has 0 aliphatic carbocycles. The summed E-state index contributed by atoms with van der Waals surface area (Å²) in [4.78, 5) is 25.2. The Labute approximate surface area is 115 Å². The smallest absolute Gasteiger partial charge is 0.406 e. The third-order valence-corrected chi connectivity index (χ3v) is 3.52. The molecule has 8 heteroatoms. The summed E-state index contributed by atoms with van der Waals surface area (Å²) >= 11 is 0. The normalized spacial score (nSPS) is 22.9. The summed E-state index contributed by atoms with van der Waals surface area (Å²) in [5, 5.41) is 9.39. The number of hydrogen-bond donors (Lipinski definition) is 1. The second-order valence-electron chi connectivity index (χ2n) is 5.10. The van der Waals surface area contributed by atoms with Crippen molar-refractivity contribution >= 4 is 12.0 Å². The molecular weight excluding hydrogens is 277 g/mol. The molecule has 0 radical (unpaired) electrons. The largest absolute Gasteiger partial charge is 0.479 e. The monoisotopic (exact) mass is 296 g/mol. The van der Waals surface area contributed by atoms with E-state index < -0.39 is 30.3 Å². The predicted octanol–water partition coefficient (Wildman–Crippen LogP) is 2.32. The number of carboxylic acid groups (broad SMARTS) is 1. The van der Waals surface area contributed by atoms with Crippen LogP contribution < -0.4 is 0 Å². The van der Waals surface area contributed by atoms with Crippen molar-refractivity contribution in [3.63, 3.8) is 0 Å². The van der Waals surface area contributed by atoms with E-state index in [9.17, 15) is 27.9 Å². The number of urea groups is 1. The number of likely N-dealkylation sites (tertiary alicyclic amines) is 1. The Kier molecular flexibility index (Phi) is 4.88. The van der Waals surface area contributed by atoms with E-state index in [0.717, 1.165) is 11.9 Å². The lowest BCUT2D eigenvalue weighted by Gasteiger charge is -2.37. The van der Waals surface area contributed by atoms with Gasteiger partial charge in [0, 0.05) is 13.6 Å². The van der Waals surface area contributed by atoms with Crippen molar-refractivity contribution in [1.29, 1.82) is 0 Å². The highest BCUT2D eigenvalue weighted by Gasteiger charge is 2.50. The first-order valence-corrected chi connectivity index (χ1v) is 6.47. The lowest BCUT2D eigenvalue weighted by atomic mass is 9.91. The third-order valence-electron chi connectivity index (χ3n) is 3.52. The van der Waals surface area contributed by atoms with Gasteiger partial charge in [-0.3, -0.25) is 0 Å². The number of halogens is 3. The van der Waals surface area contributed by atoms with Crippen LogP contribution in [0.3, 0.4) is 0 Å². The number of rotatable bonds is 4. The summed E-state index contributed by atoms with van der Waals surface area (Å²) in [7, 11) is 1.03. The quantitative estimate of drug-likeness (QED) is 0.866. The first kappa shape index (κ1) is 16.6. The highest BCUT2D eigenvalue weighted by Crippen LogP contribution is 2.35. The summed E-state index contributed by atoms with van der Waals surface area (Å²) in [5.74, 6) is -1.15. The van der Waals surface area contributed by atoms with Gasteiger partial charge in [0.05, 0.1) is 0 Å². The number of aliphatic carboxylic acids is 1. The summed E-state index contributed by atoms with van der Waals surface area (Å²) in [5.41, 5.74) is -1.37. The van der Waals surface area contributed by atoms with Crippen molar-refractivity contribution < 1.29 is 27.9 Å². The highest BCUT2D eigenvalue weighted by molar-refractivity contribution is 5.87. The first-order chi connectivity index (χ1) is 9.14. The summed E-state index contributed by atoms with van der Waals surface area (Å²) in [6, 6.07) is -0.879. The van der Waals surface area contributed by atoms with Gasteiger partial charge in [-0.05, 0) is 19.3 Å². The van der Waals surface area contributed by atoms with Gasteiger partial charge in [-0.25, -0.2) is 9.59 Å². The van der Waals surface area contributed by atoms with Gasteiger partial charge in [0.1, 0.15) is 12.1 Å². The molecule has 1 rings (SSSR count). The van der Waals surface area contributed by atoms with Gasteiger partial charge in [-0.2, -0.15) is 13.2 Å². The van der Waals surface area contributed by atoms with Crippen molar-refractivity contribution in [2.24, 2.45) is 0 Å². The van der Waals surface area contributed by atoms with Gasteiger partial charge < -0.3 is 14.9 Å². The number of carbonyl (C=O) groups excluding carboxylic acids is 1. The van der Waals surface area contributed by atoms with Crippen molar-refractivity contribution in [1.82, 2.24) is 9.80 Å². The van der Waals surface area contributed by atoms with Crippen molar-refractivity contribution in [3.05, 3.63) is 0 Å². The molecule has 1 saturated heterocycles. The molecule has 0 saturated carbocycles. The summed E-state index contributed by atoms with van der Waals surface area (Å²) < 4.78 is 37.0. The zero-order valence-corrected chi connectivity index (χ0v) is 11.5. The average molecular weight is 296 g/mol. The van der Waals surface area contributed by atoms with Crippen LogP contribution in [0.5, 0.6) is 0 Å². The Morgan fingerprint density at radius 1 is 1.40 bits per heavy atom. The lowest BCUT2D eigenvalue weighted by molar-refractivity contribution is -0.150. The zero-order valence-electron chi connectivity index (χ0n) is 11.5. The fourth-order valence-electron chi connectivity index (χ4n) is 2.70. The highest BCUT2D eigenvalue weighted by atomic mass is 19.4. The van der Waals surface area contributed by atoms with E-state index >= 15 is 0 Å². The second-order valence-corrected chi connectivity index (χ2v) is 5.10. The van der Waals surface area contributed by atoms with Gasteiger partial charge in [-0.1, -0.05) is 13.3 Å². The van der Waals surface area contributed by atoms with Crippen LogP contribution in [0.2, 0.25) is 0 Å². The molecule has 1 atom stereocenters. The van der Waals surface area contributed by atoms with Crippen LogP contribution in [-0.2, 0) is 4.79 Å². The molecule has 0 spiro atoms. The van der Waals surface area contributed by atoms with Gasteiger partial charge in [0.2, 0.25) is 0 Å². The topological polar surface area (TPSA) is 60.9 Å². The van der Waals surface area contributed by atoms with Crippen LogP contribution in [0.1, 0.15) is 32.6 Å². The molecule has 0 aromatic heterocycles. The van der Waals surface area contributed by atoms with Crippen LogP contribution in [0.4, 0.5) is 18.0 Å². The Morgan fingerprint density at radius 2 is 2.00 bits per heavy atom. The number of carboxylic acids is 1. The third kappa shape index (κ3) is 3.34. The maximum absolute atomic E-state index is 12.3. The lowest BCUT2D eigenvalue weighted by Crippen LogP contribution is -2.57. The van der Waals surface area contributed by atoms with E-state index in [1.807, 2.05) is 0 Å². The van der Waals surface area contributed by atoms with E-state index in [2.05, 4.69) is 0 Å². The number of carbonyl (C=O) groups is 2. The molecule has 5 nitrogen and oxygen atoms in total. The Hall–Kier alpha value is -1.47. The molecule has 116 valence electrons. The average Bonchev–Trinajstić information content (AvgIpc) is 2.71. The first-order valence-electron chi connectivity index (χ1n) is 6.47. The van der Waals surface area contributed by atoms with Gasteiger partial charge in [-0.15, -0.1) is 0 Å².